The van der Waals surface area contributed by atoms with Crippen LogP contribution in [0, 0.1) is 18.7 Å². The Labute approximate surface area is 249 Å². The molecule has 41 heavy (non-hydrogen) atoms. The van der Waals surface area contributed by atoms with E-state index >= 15 is 0 Å². The number of Topliss-reactive ketones (excluding diaryl/α,β-unsaturated/α-hetero) is 1. The van der Waals surface area contributed by atoms with Crippen molar-refractivity contribution in [3.8, 4) is 11.3 Å². The number of aliphatic carboxylic acids is 1. The topological polar surface area (TPSA) is 99.5 Å². The van der Waals surface area contributed by atoms with Crippen molar-refractivity contribution < 1.29 is 19.1 Å². The van der Waals surface area contributed by atoms with Gasteiger partial charge in [0.05, 0.1) is 30.4 Å². The maximum Gasteiger partial charge on any atom is 0.306 e. The van der Waals surface area contributed by atoms with E-state index in [4.69, 9.17) is 16.6 Å². The molecular weight excluding hydrogens is 565 g/mol. The molecule has 4 heterocycles. The van der Waals surface area contributed by atoms with E-state index in [9.17, 15) is 19.1 Å². The zero-order chi connectivity index (χ0) is 28.4. The summed E-state index contributed by atoms with van der Waals surface area (Å²) < 4.78 is 14.6. The van der Waals surface area contributed by atoms with Crippen molar-refractivity contribution in [3.63, 3.8) is 0 Å². The van der Waals surface area contributed by atoms with E-state index < -0.39 is 5.97 Å². The van der Waals surface area contributed by atoms with E-state index in [0.717, 1.165) is 24.3 Å². The van der Waals surface area contributed by atoms with Gasteiger partial charge in [-0.05, 0) is 58.2 Å². The fourth-order valence-corrected chi connectivity index (χ4v) is 6.70. The molecule has 3 aromatic rings. The van der Waals surface area contributed by atoms with Crippen LogP contribution in [0.3, 0.4) is 0 Å². The summed E-state index contributed by atoms with van der Waals surface area (Å²) in [5.41, 5.74) is 1.92. The van der Waals surface area contributed by atoms with Crippen molar-refractivity contribution in [2.45, 2.75) is 72.4 Å². The molecule has 2 saturated heterocycles. The molecule has 2 fully saturated rings. The average Bonchev–Trinajstić information content (AvgIpc) is 3.34. The number of thiazole rings is 1. The summed E-state index contributed by atoms with van der Waals surface area (Å²) in [6.07, 6.45) is 7.71. The van der Waals surface area contributed by atoms with Crippen molar-refractivity contribution >= 4 is 40.5 Å². The molecule has 8 nitrogen and oxygen atoms in total. The number of halogens is 2. The number of hydrogen-bond acceptors (Lipinski definition) is 8. The van der Waals surface area contributed by atoms with Gasteiger partial charge in [-0.1, -0.05) is 25.4 Å². The van der Waals surface area contributed by atoms with Crippen LogP contribution in [0.4, 0.5) is 10.2 Å². The van der Waals surface area contributed by atoms with Crippen molar-refractivity contribution in [1.29, 1.82) is 0 Å². The van der Waals surface area contributed by atoms with Crippen molar-refractivity contribution in [2.75, 3.05) is 24.5 Å². The van der Waals surface area contributed by atoms with E-state index in [1.54, 1.807) is 19.2 Å². The molecule has 0 unspecified atom stereocenters. The highest BCUT2D eigenvalue weighted by atomic mass is 35.5. The SMILES string of the molecule is C.Cc1c(F)cc(-c2nc(CC(=O)c3cnc(N4CCC(C(=O)O)CC4)cn3)sc2CN2CCCC[C@H]2C)cc1Cl. The molecule has 0 saturated carbocycles. The van der Waals surface area contributed by atoms with Crippen molar-refractivity contribution in [3.05, 3.63) is 56.5 Å². The molecule has 1 atom stereocenters. The number of nitrogens with zero attached hydrogens (tertiary/aromatic N) is 5. The largest absolute Gasteiger partial charge is 0.481 e. The number of rotatable bonds is 8. The first kappa shape index (κ1) is 31.0. The fourth-order valence-electron chi connectivity index (χ4n) is 5.38. The van der Waals surface area contributed by atoms with Crippen LogP contribution in [0.5, 0.6) is 0 Å². The number of carbonyl (C=O) groups is 2. The number of carboxylic acids is 1. The fraction of sp³-hybridized carbons (Fsp3) is 0.500. The highest BCUT2D eigenvalue weighted by molar-refractivity contribution is 7.12. The molecule has 0 spiro atoms. The molecule has 0 aliphatic carbocycles. The van der Waals surface area contributed by atoms with E-state index in [1.807, 2.05) is 4.90 Å². The molecule has 2 aromatic heterocycles. The van der Waals surface area contributed by atoms with Gasteiger partial charge >= 0.3 is 5.97 Å². The lowest BCUT2D eigenvalue weighted by molar-refractivity contribution is -0.142. The number of aromatic nitrogens is 3. The van der Waals surface area contributed by atoms with Gasteiger partial charge in [-0.25, -0.2) is 19.3 Å². The van der Waals surface area contributed by atoms with Gasteiger partial charge in [0.2, 0.25) is 0 Å². The van der Waals surface area contributed by atoms with Gasteiger partial charge in [0.25, 0.3) is 0 Å². The zero-order valence-electron chi connectivity index (χ0n) is 22.7. The minimum atomic E-state index is -0.763. The van der Waals surface area contributed by atoms with Crippen molar-refractivity contribution in [2.24, 2.45) is 5.92 Å². The number of likely N-dealkylation sites (tertiary alicyclic amines) is 1. The van der Waals surface area contributed by atoms with Crippen LogP contribution in [0.1, 0.15) is 72.4 Å². The first-order valence-corrected chi connectivity index (χ1v) is 14.9. The molecule has 1 N–H and O–H groups in total. The first-order valence-electron chi connectivity index (χ1n) is 13.7. The Morgan fingerprint density at radius 1 is 1.12 bits per heavy atom. The maximum absolute atomic E-state index is 14.6. The normalized spacial score (nSPS) is 18.2. The van der Waals surface area contributed by atoms with E-state index in [1.165, 1.54) is 30.0 Å². The molecule has 1 aromatic carbocycles. The van der Waals surface area contributed by atoms with Crippen LogP contribution in [-0.2, 0) is 17.8 Å². The highest BCUT2D eigenvalue weighted by Crippen LogP contribution is 2.35. The third-order valence-electron chi connectivity index (χ3n) is 7.99. The lowest BCUT2D eigenvalue weighted by Crippen LogP contribution is -2.36. The van der Waals surface area contributed by atoms with Gasteiger partial charge in [-0.2, -0.15) is 0 Å². The average molecular weight is 602 g/mol. The number of carboxylic acid groups (broad SMARTS) is 1. The van der Waals surface area contributed by atoms with Gasteiger partial charge in [0, 0.05) is 46.7 Å². The zero-order valence-corrected chi connectivity index (χ0v) is 24.3. The summed E-state index contributed by atoms with van der Waals surface area (Å²) >= 11 is 7.80. The summed E-state index contributed by atoms with van der Waals surface area (Å²) in [6.45, 7) is 6.72. The summed E-state index contributed by atoms with van der Waals surface area (Å²) in [7, 11) is 0. The van der Waals surface area contributed by atoms with Gasteiger partial charge in [0.1, 0.15) is 22.3 Å². The molecule has 0 bridgehead atoms. The van der Waals surface area contributed by atoms with Crippen LogP contribution in [-0.4, -0.2) is 62.4 Å². The number of anilines is 1. The van der Waals surface area contributed by atoms with Gasteiger partial charge in [-0.15, -0.1) is 11.3 Å². The Hall–Kier alpha value is -2.95. The van der Waals surface area contributed by atoms with Gasteiger partial charge in [0.15, 0.2) is 5.78 Å². The number of carbonyl (C=O) groups excluding carboxylic acids is 1. The van der Waals surface area contributed by atoms with Gasteiger partial charge < -0.3 is 10.0 Å². The van der Waals surface area contributed by atoms with E-state index in [-0.39, 0.29) is 37.1 Å². The summed E-state index contributed by atoms with van der Waals surface area (Å²) in [5, 5.41) is 10.2. The van der Waals surface area contributed by atoms with Gasteiger partial charge in [-0.3, -0.25) is 14.5 Å². The van der Waals surface area contributed by atoms with Crippen molar-refractivity contribution in [1.82, 2.24) is 19.9 Å². The van der Waals surface area contributed by atoms with Crippen LogP contribution >= 0.6 is 22.9 Å². The molecule has 0 amide bonds. The molecule has 2 aliphatic rings. The number of benzene rings is 1. The monoisotopic (exact) mass is 601 g/mol. The predicted molar refractivity (Wildman–Crippen MR) is 160 cm³/mol. The molecule has 5 rings (SSSR count). The summed E-state index contributed by atoms with van der Waals surface area (Å²) in [6, 6.07) is 3.65. The minimum Gasteiger partial charge on any atom is -0.481 e. The van der Waals surface area contributed by atoms with Crippen LogP contribution in [0.25, 0.3) is 11.3 Å². The Morgan fingerprint density at radius 2 is 1.88 bits per heavy atom. The van der Waals surface area contributed by atoms with E-state index in [0.29, 0.717) is 71.2 Å². The second-order valence-electron chi connectivity index (χ2n) is 10.7. The number of hydrogen-bond donors (Lipinski definition) is 1. The summed E-state index contributed by atoms with van der Waals surface area (Å²) in [4.78, 5) is 43.4. The highest BCUT2D eigenvalue weighted by Gasteiger charge is 2.26. The number of piperidine rings is 2. The second kappa shape index (κ2) is 13.4. The number of ketones is 1. The smallest absolute Gasteiger partial charge is 0.306 e. The molecule has 11 heteroatoms. The Kier molecular flexibility index (Phi) is 10.1. The molecule has 2 aliphatic heterocycles. The predicted octanol–water partition coefficient (Wildman–Crippen LogP) is 6.44. The first-order chi connectivity index (χ1) is 19.2. The molecule has 220 valence electrons. The third-order valence-corrected chi connectivity index (χ3v) is 9.42. The molecule has 0 radical (unpaired) electrons. The van der Waals surface area contributed by atoms with Crippen LogP contribution in [0.2, 0.25) is 5.02 Å². The quantitative estimate of drug-likeness (QED) is 0.295. The lowest BCUT2D eigenvalue weighted by Gasteiger charge is -2.33. The summed E-state index contributed by atoms with van der Waals surface area (Å²) in [5.74, 6) is -1.04. The van der Waals surface area contributed by atoms with Crippen LogP contribution in [0.15, 0.2) is 24.5 Å². The Morgan fingerprint density at radius 3 is 2.51 bits per heavy atom. The lowest BCUT2D eigenvalue weighted by atomic mass is 9.97. The maximum atomic E-state index is 14.6. The van der Waals surface area contributed by atoms with E-state index in [2.05, 4.69) is 21.8 Å². The Bertz CT molecular complexity index is 1370. The Balaban J connectivity index is 0.00000387. The standard InChI is InChI=1S/C29H33ClFN5O3S.CH4/c1-17-5-3-4-8-36(17)16-25-28(20-11-21(30)18(2)22(31)12-20)34-27(40-25)13-24(37)23-14-33-26(15-32-23)35-9-6-19(7-10-35)29(38)39;/h11-12,14-15,17,19H,3-10,13,16H2,1-2H3,(H,38,39);1H4/t17-;/m1./s1. The third kappa shape index (κ3) is 7.10. The molecular formula is C30H37ClFN5O3S. The van der Waals surface area contributed by atoms with Crippen LogP contribution < -0.4 is 4.90 Å². The second-order valence-corrected chi connectivity index (χ2v) is 12.3. The minimum absolute atomic E-state index is 0.